The van der Waals surface area contributed by atoms with Crippen LogP contribution in [0.4, 0.5) is 0 Å². The summed E-state index contributed by atoms with van der Waals surface area (Å²) in [4.78, 5) is 34.0. The molecule has 0 aliphatic carbocycles. The number of hydrogen-bond acceptors (Lipinski definition) is 5. The van der Waals surface area contributed by atoms with Crippen molar-refractivity contribution in [3.63, 3.8) is 0 Å². The van der Waals surface area contributed by atoms with Crippen LogP contribution in [0, 0.1) is 5.92 Å². The summed E-state index contributed by atoms with van der Waals surface area (Å²) >= 11 is 1.39. The summed E-state index contributed by atoms with van der Waals surface area (Å²) in [7, 11) is 0. The second-order valence-corrected chi connectivity index (χ2v) is 8.99. The summed E-state index contributed by atoms with van der Waals surface area (Å²) in [5.74, 6) is 0.472. The molecule has 3 atom stereocenters. The molecule has 27 heavy (non-hydrogen) atoms. The number of hydrogen-bond donors (Lipinski definition) is 1. The molecule has 0 aromatic carbocycles. The van der Waals surface area contributed by atoms with E-state index in [4.69, 9.17) is 5.73 Å². The number of nitrogens with zero attached hydrogens (tertiary/aromatic N) is 3. The number of piperidine rings is 1. The van der Waals surface area contributed by atoms with Crippen molar-refractivity contribution < 1.29 is 9.59 Å². The Morgan fingerprint density at radius 1 is 1.19 bits per heavy atom. The van der Waals surface area contributed by atoms with Gasteiger partial charge in [0.25, 0.3) is 5.91 Å². The van der Waals surface area contributed by atoms with Gasteiger partial charge in [0.15, 0.2) is 0 Å². The van der Waals surface area contributed by atoms with E-state index >= 15 is 0 Å². The summed E-state index contributed by atoms with van der Waals surface area (Å²) in [6.45, 7) is 7.03. The summed E-state index contributed by atoms with van der Waals surface area (Å²) in [5.41, 5.74) is 6.65. The first-order valence-electron chi connectivity index (χ1n) is 9.92. The molecule has 7 heteroatoms. The zero-order chi connectivity index (χ0) is 19.4. The quantitative estimate of drug-likeness (QED) is 0.781. The molecule has 2 aliphatic rings. The lowest BCUT2D eigenvalue weighted by molar-refractivity contribution is -0.129. The minimum Gasteiger partial charge on any atom is -0.342 e. The van der Waals surface area contributed by atoms with E-state index in [0.29, 0.717) is 23.1 Å². The Morgan fingerprint density at radius 3 is 2.59 bits per heavy atom. The Morgan fingerprint density at radius 2 is 1.89 bits per heavy atom. The van der Waals surface area contributed by atoms with Crippen LogP contribution in [0.1, 0.15) is 49.9 Å². The van der Waals surface area contributed by atoms with Gasteiger partial charge in [0.1, 0.15) is 5.03 Å². The molecule has 2 aliphatic heterocycles. The van der Waals surface area contributed by atoms with Crippen molar-refractivity contribution in [2.24, 2.45) is 11.7 Å². The fourth-order valence-corrected chi connectivity index (χ4v) is 4.84. The number of nitrogens with two attached hydrogens (primary N) is 1. The van der Waals surface area contributed by atoms with Gasteiger partial charge >= 0.3 is 0 Å². The second kappa shape index (κ2) is 9.06. The maximum absolute atomic E-state index is 13.1. The van der Waals surface area contributed by atoms with Crippen molar-refractivity contribution in [1.82, 2.24) is 14.8 Å². The van der Waals surface area contributed by atoms with Crippen LogP contribution in [0.5, 0.6) is 0 Å². The highest BCUT2D eigenvalue weighted by Crippen LogP contribution is 2.29. The number of carbonyl (C=O) groups is 2. The standard InChI is InChI=1S/C20H30N4O2S/c1-14(21)16-7-6-12-24(13-16)20(26)17-8-5-9-22-18(17)27-15(2)19(25)23-10-3-4-11-23/h5,8-9,14-16H,3-4,6-7,10-13,21H2,1-2H3. The van der Waals surface area contributed by atoms with E-state index in [1.54, 1.807) is 12.3 Å². The zero-order valence-electron chi connectivity index (χ0n) is 16.3. The largest absolute Gasteiger partial charge is 0.342 e. The van der Waals surface area contributed by atoms with E-state index in [1.165, 1.54) is 11.8 Å². The van der Waals surface area contributed by atoms with E-state index in [2.05, 4.69) is 4.98 Å². The molecule has 1 aromatic heterocycles. The van der Waals surface area contributed by atoms with E-state index in [0.717, 1.165) is 45.3 Å². The molecule has 0 bridgehead atoms. The van der Waals surface area contributed by atoms with Crippen LogP contribution in [0.3, 0.4) is 0 Å². The third-order valence-electron chi connectivity index (χ3n) is 5.54. The minimum atomic E-state index is -0.247. The monoisotopic (exact) mass is 390 g/mol. The lowest BCUT2D eigenvalue weighted by atomic mass is 9.92. The van der Waals surface area contributed by atoms with Crippen molar-refractivity contribution >= 4 is 23.6 Å². The molecule has 0 radical (unpaired) electrons. The third-order valence-corrected chi connectivity index (χ3v) is 6.65. The summed E-state index contributed by atoms with van der Waals surface area (Å²) in [6, 6.07) is 3.69. The van der Waals surface area contributed by atoms with Gasteiger partial charge < -0.3 is 15.5 Å². The highest BCUT2D eigenvalue weighted by molar-refractivity contribution is 8.00. The lowest BCUT2D eigenvalue weighted by Gasteiger charge is -2.35. The van der Waals surface area contributed by atoms with Gasteiger partial charge in [0, 0.05) is 38.4 Å². The number of carbonyl (C=O) groups excluding carboxylic acids is 2. The predicted octanol–water partition coefficient (Wildman–Crippen LogP) is 2.38. The SMILES string of the molecule is CC(Sc1ncccc1C(=O)N1CCCC(C(C)N)C1)C(=O)N1CCCC1. The molecule has 3 heterocycles. The number of aromatic nitrogens is 1. The Labute approximate surface area is 165 Å². The van der Waals surface area contributed by atoms with Gasteiger partial charge in [-0.2, -0.15) is 0 Å². The molecule has 148 valence electrons. The number of likely N-dealkylation sites (tertiary alicyclic amines) is 2. The van der Waals surface area contributed by atoms with Gasteiger partial charge in [0.2, 0.25) is 5.91 Å². The van der Waals surface area contributed by atoms with Crippen LogP contribution in [0.25, 0.3) is 0 Å². The van der Waals surface area contributed by atoms with E-state index in [-0.39, 0.29) is 23.1 Å². The number of amides is 2. The number of thioether (sulfide) groups is 1. The first-order chi connectivity index (χ1) is 13.0. The van der Waals surface area contributed by atoms with E-state index in [9.17, 15) is 9.59 Å². The van der Waals surface area contributed by atoms with Gasteiger partial charge in [-0.05, 0) is 57.6 Å². The molecule has 1 aromatic rings. The van der Waals surface area contributed by atoms with E-state index in [1.807, 2.05) is 29.7 Å². The summed E-state index contributed by atoms with van der Waals surface area (Å²) < 4.78 is 0. The Hall–Kier alpha value is -1.60. The van der Waals surface area contributed by atoms with Crippen LogP contribution in [-0.2, 0) is 4.79 Å². The van der Waals surface area contributed by atoms with Gasteiger partial charge in [0.05, 0.1) is 10.8 Å². The van der Waals surface area contributed by atoms with Crippen LogP contribution in [-0.4, -0.2) is 64.1 Å². The topological polar surface area (TPSA) is 79.5 Å². The second-order valence-electron chi connectivity index (χ2n) is 7.66. The molecular formula is C20H30N4O2S. The zero-order valence-corrected chi connectivity index (χ0v) is 17.1. The average Bonchev–Trinajstić information content (AvgIpc) is 3.22. The van der Waals surface area contributed by atoms with E-state index < -0.39 is 0 Å². The van der Waals surface area contributed by atoms with Gasteiger partial charge in [-0.25, -0.2) is 4.98 Å². The molecular weight excluding hydrogens is 360 g/mol. The van der Waals surface area contributed by atoms with Gasteiger partial charge in [-0.1, -0.05) is 11.8 Å². The van der Waals surface area contributed by atoms with Crippen LogP contribution in [0.15, 0.2) is 23.4 Å². The molecule has 2 amide bonds. The fraction of sp³-hybridized carbons (Fsp3) is 0.650. The van der Waals surface area contributed by atoms with Crippen molar-refractivity contribution in [1.29, 1.82) is 0 Å². The highest BCUT2D eigenvalue weighted by Gasteiger charge is 2.30. The Bertz CT molecular complexity index is 676. The third kappa shape index (κ3) is 4.82. The molecule has 2 N–H and O–H groups in total. The molecule has 3 unspecified atom stereocenters. The first-order valence-corrected chi connectivity index (χ1v) is 10.8. The molecule has 3 rings (SSSR count). The molecule has 2 saturated heterocycles. The van der Waals surface area contributed by atoms with Crippen molar-refractivity contribution in [3.8, 4) is 0 Å². The predicted molar refractivity (Wildman–Crippen MR) is 108 cm³/mol. The fourth-order valence-electron chi connectivity index (χ4n) is 3.85. The summed E-state index contributed by atoms with van der Waals surface area (Å²) in [6.07, 6.45) is 5.88. The minimum absolute atomic E-state index is 0.00299. The maximum Gasteiger partial charge on any atom is 0.256 e. The smallest absolute Gasteiger partial charge is 0.256 e. The van der Waals surface area contributed by atoms with Crippen LogP contribution < -0.4 is 5.73 Å². The van der Waals surface area contributed by atoms with Gasteiger partial charge in [-0.15, -0.1) is 0 Å². The number of rotatable bonds is 5. The summed E-state index contributed by atoms with van der Waals surface area (Å²) in [5, 5.41) is 0.396. The van der Waals surface area contributed by atoms with Crippen LogP contribution in [0.2, 0.25) is 0 Å². The highest BCUT2D eigenvalue weighted by atomic mass is 32.2. The molecule has 0 saturated carbocycles. The van der Waals surface area contributed by atoms with Crippen LogP contribution >= 0.6 is 11.8 Å². The molecule has 6 nitrogen and oxygen atoms in total. The first kappa shape index (κ1) is 20.1. The lowest BCUT2D eigenvalue weighted by Crippen LogP contribution is -2.45. The Balaban J connectivity index is 1.71. The Kier molecular flexibility index (Phi) is 6.76. The molecule has 0 spiro atoms. The average molecular weight is 391 g/mol. The number of pyridine rings is 1. The van der Waals surface area contributed by atoms with Crippen molar-refractivity contribution in [3.05, 3.63) is 23.9 Å². The normalized spacial score (nSPS) is 22.6. The maximum atomic E-state index is 13.1. The van der Waals surface area contributed by atoms with Gasteiger partial charge in [-0.3, -0.25) is 9.59 Å². The van der Waals surface area contributed by atoms with Crippen molar-refractivity contribution in [2.75, 3.05) is 26.2 Å². The molecule has 2 fully saturated rings. The van der Waals surface area contributed by atoms with Crippen molar-refractivity contribution in [2.45, 2.75) is 55.8 Å².